The second-order valence-corrected chi connectivity index (χ2v) is 2.88. The van der Waals surface area contributed by atoms with Crippen LogP contribution in [0.15, 0.2) is 12.4 Å². The molecule has 0 aliphatic carbocycles. The van der Waals surface area contributed by atoms with E-state index in [4.69, 9.17) is 6.42 Å². The molecule has 1 N–H and O–H groups in total. The van der Waals surface area contributed by atoms with Crippen LogP contribution in [-0.4, -0.2) is 27.6 Å². The zero-order valence-corrected chi connectivity index (χ0v) is 8.22. The smallest absolute Gasteiger partial charge is 0.390 e. The lowest BCUT2D eigenvalue weighted by molar-refractivity contribution is -0.396. The Bertz CT molecular complexity index is 366. The van der Waals surface area contributed by atoms with Crippen molar-refractivity contribution >= 4 is 5.95 Å². The van der Waals surface area contributed by atoms with E-state index in [2.05, 4.69) is 16.2 Å². The summed E-state index contributed by atoms with van der Waals surface area (Å²) < 4.78 is 1.49. The summed E-state index contributed by atoms with van der Waals surface area (Å²) in [5, 5.41) is 13.6. The molecule has 15 heavy (non-hydrogen) atoms. The maximum atomic E-state index is 10.5. The van der Waals surface area contributed by atoms with Gasteiger partial charge in [0.1, 0.15) is 12.4 Å². The minimum Gasteiger partial charge on any atom is -0.390 e. The summed E-state index contributed by atoms with van der Waals surface area (Å²) in [7, 11) is 0. The van der Waals surface area contributed by atoms with E-state index in [0.29, 0.717) is 19.5 Å². The normalized spacial score (nSPS) is 9.80. The molecule has 6 heteroatoms. The van der Waals surface area contributed by atoms with Crippen molar-refractivity contribution in [2.75, 3.05) is 13.1 Å². The molecule has 1 heterocycles. The van der Waals surface area contributed by atoms with Gasteiger partial charge in [-0.3, -0.25) is 0 Å². The van der Waals surface area contributed by atoms with Gasteiger partial charge in [-0.1, -0.05) is 4.98 Å². The summed E-state index contributed by atoms with van der Waals surface area (Å²) in [6, 6.07) is 0. The molecule has 6 nitrogen and oxygen atoms in total. The first-order valence-corrected chi connectivity index (χ1v) is 4.55. The van der Waals surface area contributed by atoms with Crippen molar-refractivity contribution in [2.45, 2.75) is 13.0 Å². The Kier molecular flexibility index (Phi) is 4.31. The summed E-state index contributed by atoms with van der Waals surface area (Å²) >= 11 is 0. The highest BCUT2D eigenvalue weighted by Crippen LogP contribution is 2.05. The molecule has 0 aromatic carbocycles. The van der Waals surface area contributed by atoms with Crippen molar-refractivity contribution in [1.29, 1.82) is 0 Å². The monoisotopic (exact) mass is 208 g/mol. The van der Waals surface area contributed by atoms with Gasteiger partial charge in [0.2, 0.25) is 0 Å². The Hall–Kier alpha value is -1.87. The van der Waals surface area contributed by atoms with Crippen molar-refractivity contribution < 1.29 is 4.92 Å². The zero-order chi connectivity index (χ0) is 11.1. The fraction of sp³-hybridized carbons (Fsp3) is 0.444. The number of nitrogens with zero attached hydrogens (tertiary/aromatic N) is 3. The lowest BCUT2D eigenvalue weighted by Gasteiger charge is -2.02. The Morgan fingerprint density at radius 1 is 1.67 bits per heavy atom. The average molecular weight is 208 g/mol. The second kappa shape index (κ2) is 5.78. The quantitative estimate of drug-likeness (QED) is 0.318. The maximum absolute atomic E-state index is 10.5. The molecule has 0 bridgehead atoms. The van der Waals surface area contributed by atoms with Crippen molar-refractivity contribution in [3.05, 3.63) is 22.5 Å². The third kappa shape index (κ3) is 3.40. The predicted molar refractivity (Wildman–Crippen MR) is 55.2 cm³/mol. The topological polar surface area (TPSA) is 73.0 Å². The van der Waals surface area contributed by atoms with Crippen LogP contribution in [-0.2, 0) is 6.54 Å². The largest absolute Gasteiger partial charge is 0.434 e. The molecular weight excluding hydrogens is 196 g/mol. The molecule has 0 saturated heterocycles. The second-order valence-electron chi connectivity index (χ2n) is 2.88. The van der Waals surface area contributed by atoms with Gasteiger partial charge in [0.05, 0.1) is 6.54 Å². The summed E-state index contributed by atoms with van der Waals surface area (Å²) in [4.78, 5) is 13.6. The highest BCUT2D eigenvalue weighted by Gasteiger charge is 2.12. The van der Waals surface area contributed by atoms with Gasteiger partial charge in [-0.2, -0.15) is 0 Å². The van der Waals surface area contributed by atoms with Crippen LogP contribution in [0.25, 0.3) is 0 Å². The van der Waals surface area contributed by atoms with E-state index in [9.17, 15) is 10.1 Å². The molecule has 0 fully saturated rings. The molecule has 0 saturated carbocycles. The Morgan fingerprint density at radius 3 is 3.13 bits per heavy atom. The van der Waals surface area contributed by atoms with Gasteiger partial charge in [-0.25, -0.2) is 4.57 Å². The van der Waals surface area contributed by atoms with Crippen molar-refractivity contribution in [2.24, 2.45) is 0 Å². The van der Waals surface area contributed by atoms with Gasteiger partial charge < -0.3 is 15.4 Å². The lowest BCUT2D eigenvalue weighted by Crippen LogP contribution is -2.21. The molecule has 0 amide bonds. The molecule has 0 atom stereocenters. The third-order valence-corrected chi connectivity index (χ3v) is 1.83. The van der Waals surface area contributed by atoms with E-state index in [1.54, 1.807) is 6.20 Å². The van der Waals surface area contributed by atoms with Gasteiger partial charge in [0, 0.05) is 19.5 Å². The number of aromatic nitrogens is 2. The Balaban J connectivity index is 2.35. The molecule has 1 rings (SSSR count). The standard InChI is InChI=1S/C9H12N4O2/c1-2-3-4-10-5-7-12-8-6-11-9(12)13(14)15/h1,6,8,10H,3-5,7H2. The Morgan fingerprint density at radius 2 is 2.47 bits per heavy atom. The van der Waals surface area contributed by atoms with Gasteiger partial charge in [0.15, 0.2) is 0 Å². The first-order chi connectivity index (χ1) is 7.25. The molecule has 0 aliphatic heterocycles. The highest BCUT2D eigenvalue weighted by molar-refractivity contribution is 5.06. The van der Waals surface area contributed by atoms with Crippen LogP contribution in [0.1, 0.15) is 6.42 Å². The minimum atomic E-state index is -0.499. The van der Waals surface area contributed by atoms with Crippen LogP contribution in [0.4, 0.5) is 5.95 Å². The average Bonchev–Trinajstić information content (AvgIpc) is 2.66. The van der Waals surface area contributed by atoms with E-state index < -0.39 is 4.92 Å². The first-order valence-electron chi connectivity index (χ1n) is 4.55. The van der Waals surface area contributed by atoms with Crippen LogP contribution in [0, 0.1) is 22.5 Å². The molecule has 0 radical (unpaired) electrons. The first kappa shape index (κ1) is 11.2. The molecule has 1 aromatic rings. The van der Waals surface area contributed by atoms with E-state index >= 15 is 0 Å². The van der Waals surface area contributed by atoms with E-state index in [0.717, 1.165) is 6.54 Å². The van der Waals surface area contributed by atoms with Crippen molar-refractivity contribution in [1.82, 2.24) is 14.9 Å². The molecule has 0 aliphatic rings. The van der Waals surface area contributed by atoms with Gasteiger partial charge in [-0.15, -0.1) is 12.3 Å². The maximum Gasteiger partial charge on any atom is 0.434 e. The van der Waals surface area contributed by atoms with Crippen LogP contribution in [0.2, 0.25) is 0 Å². The number of imidazole rings is 1. The van der Waals surface area contributed by atoms with Crippen molar-refractivity contribution in [3.63, 3.8) is 0 Å². The molecule has 80 valence electrons. The van der Waals surface area contributed by atoms with Crippen LogP contribution in [0.5, 0.6) is 0 Å². The number of nitrogens with one attached hydrogen (secondary N) is 1. The molecular formula is C9H12N4O2. The highest BCUT2D eigenvalue weighted by atomic mass is 16.6. The number of terminal acetylenes is 1. The summed E-state index contributed by atoms with van der Waals surface area (Å²) in [6.45, 7) is 1.87. The minimum absolute atomic E-state index is 0.131. The molecule has 0 unspecified atom stereocenters. The molecule has 0 spiro atoms. The fourth-order valence-electron chi connectivity index (χ4n) is 1.13. The van der Waals surface area contributed by atoms with Crippen molar-refractivity contribution in [3.8, 4) is 12.3 Å². The Labute approximate surface area is 87.5 Å². The van der Waals surface area contributed by atoms with Crippen LogP contribution >= 0.6 is 0 Å². The van der Waals surface area contributed by atoms with Gasteiger partial charge in [-0.05, 0) is 4.92 Å². The van der Waals surface area contributed by atoms with E-state index in [1.807, 2.05) is 0 Å². The van der Waals surface area contributed by atoms with E-state index in [1.165, 1.54) is 10.8 Å². The number of hydrogen-bond acceptors (Lipinski definition) is 4. The summed E-state index contributed by atoms with van der Waals surface area (Å²) in [5.74, 6) is 2.37. The third-order valence-electron chi connectivity index (χ3n) is 1.83. The van der Waals surface area contributed by atoms with E-state index in [-0.39, 0.29) is 5.95 Å². The fourth-order valence-corrected chi connectivity index (χ4v) is 1.13. The van der Waals surface area contributed by atoms with Crippen LogP contribution in [0.3, 0.4) is 0 Å². The number of nitro groups is 1. The zero-order valence-electron chi connectivity index (χ0n) is 8.22. The predicted octanol–water partition coefficient (Wildman–Crippen LogP) is 0.404. The SMILES string of the molecule is C#CCCNCCn1ccnc1[N+](=O)[O-]. The van der Waals surface area contributed by atoms with Gasteiger partial charge >= 0.3 is 5.95 Å². The number of hydrogen-bond donors (Lipinski definition) is 1. The van der Waals surface area contributed by atoms with Crippen LogP contribution < -0.4 is 5.32 Å². The van der Waals surface area contributed by atoms with Gasteiger partial charge in [0.25, 0.3) is 0 Å². The summed E-state index contributed by atoms with van der Waals surface area (Å²) in [5.41, 5.74) is 0. The summed E-state index contributed by atoms with van der Waals surface area (Å²) in [6.07, 6.45) is 8.73. The number of rotatable bonds is 6. The molecule has 1 aromatic heterocycles. The lowest BCUT2D eigenvalue weighted by atomic mass is 10.4.